The van der Waals surface area contributed by atoms with Crippen LogP contribution in [0.2, 0.25) is 0 Å². The molecule has 1 saturated heterocycles. The van der Waals surface area contributed by atoms with Crippen LogP contribution < -0.4 is 10.6 Å². The average molecular weight is 456 g/mol. The summed E-state index contributed by atoms with van der Waals surface area (Å²) in [5.41, 5.74) is 2.14. The fourth-order valence-corrected chi connectivity index (χ4v) is 2.62. The monoisotopic (exact) mass is 456 g/mol. The molecule has 7 nitrogen and oxygen atoms in total. The van der Waals surface area contributed by atoms with Crippen molar-refractivity contribution in [1.82, 2.24) is 25.4 Å². The van der Waals surface area contributed by atoms with Crippen LogP contribution >= 0.6 is 24.0 Å². The van der Waals surface area contributed by atoms with Crippen LogP contribution in [0.25, 0.3) is 5.69 Å². The van der Waals surface area contributed by atoms with E-state index in [2.05, 4.69) is 44.8 Å². The van der Waals surface area contributed by atoms with E-state index in [1.54, 1.807) is 11.0 Å². The second-order valence-electron chi connectivity index (χ2n) is 5.72. The first-order valence-corrected chi connectivity index (χ1v) is 8.43. The number of nitrogens with zero attached hydrogens (tertiary/aromatic N) is 4. The molecule has 1 unspecified atom stereocenters. The van der Waals surface area contributed by atoms with Gasteiger partial charge in [0.05, 0.1) is 18.3 Å². The zero-order valence-corrected chi connectivity index (χ0v) is 16.7. The Kier molecular flexibility index (Phi) is 8.13. The Morgan fingerprint density at radius 1 is 1.32 bits per heavy atom. The van der Waals surface area contributed by atoms with Gasteiger partial charge >= 0.3 is 0 Å². The molecule has 2 N–H and O–H groups in total. The Balaban J connectivity index is 0.00000225. The van der Waals surface area contributed by atoms with Crippen molar-refractivity contribution in [2.24, 2.45) is 4.99 Å². The zero-order chi connectivity index (χ0) is 16.6. The predicted molar refractivity (Wildman–Crippen MR) is 109 cm³/mol. The molecular weight excluding hydrogens is 431 g/mol. The highest BCUT2D eigenvalue weighted by Crippen LogP contribution is 2.11. The van der Waals surface area contributed by atoms with Crippen LogP contribution in [0.3, 0.4) is 0 Å². The quantitative estimate of drug-likeness (QED) is 0.396. The Morgan fingerprint density at radius 2 is 2.16 bits per heavy atom. The molecule has 1 aromatic carbocycles. The van der Waals surface area contributed by atoms with Crippen molar-refractivity contribution >= 4 is 29.9 Å². The Bertz CT molecular complexity index is 638. The summed E-state index contributed by atoms with van der Waals surface area (Å²) < 4.78 is 7.37. The van der Waals surface area contributed by atoms with E-state index in [9.17, 15) is 0 Å². The van der Waals surface area contributed by atoms with E-state index in [0.717, 1.165) is 49.7 Å². The predicted octanol–water partition coefficient (Wildman–Crippen LogP) is 2.12. The molecule has 1 aromatic heterocycles. The molecular formula is C17H25IN6O. The van der Waals surface area contributed by atoms with Crippen LogP contribution in [-0.2, 0) is 11.3 Å². The van der Waals surface area contributed by atoms with E-state index in [0.29, 0.717) is 12.6 Å². The number of hydrogen-bond donors (Lipinski definition) is 2. The summed E-state index contributed by atoms with van der Waals surface area (Å²) >= 11 is 0. The Hall–Kier alpha value is -1.68. The largest absolute Gasteiger partial charge is 0.376 e. The van der Waals surface area contributed by atoms with Crippen LogP contribution in [-0.4, -0.2) is 46.5 Å². The van der Waals surface area contributed by atoms with Crippen molar-refractivity contribution in [2.75, 3.05) is 19.7 Å². The highest BCUT2D eigenvalue weighted by molar-refractivity contribution is 14.0. The molecule has 8 heteroatoms. The van der Waals surface area contributed by atoms with Crippen molar-refractivity contribution in [3.05, 3.63) is 42.5 Å². The third-order valence-electron chi connectivity index (χ3n) is 3.90. The SMILES string of the molecule is CCNC(=NCc1ccc(-n2cncn2)cc1)NCC1CCCO1.I. The van der Waals surface area contributed by atoms with Gasteiger partial charge in [-0.1, -0.05) is 12.1 Å². The maximum absolute atomic E-state index is 5.63. The number of rotatable bonds is 6. The molecule has 0 spiro atoms. The first kappa shape index (κ1) is 19.6. The van der Waals surface area contributed by atoms with Gasteiger partial charge in [0.15, 0.2) is 5.96 Å². The maximum atomic E-state index is 5.63. The molecule has 1 aliphatic heterocycles. The highest BCUT2D eigenvalue weighted by atomic mass is 127. The molecule has 136 valence electrons. The van der Waals surface area contributed by atoms with Gasteiger partial charge in [0.1, 0.15) is 12.7 Å². The number of halogens is 1. The number of guanidine groups is 1. The first-order valence-electron chi connectivity index (χ1n) is 8.43. The normalized spacial score (nSPS) is 17.2. The lowest BCUT2D eigenvalue weighted by Crippen LogP contribution is -2.41. The van der Waals surface area contributed by atoms with E-state index >= 15 is 0 Å². The third-order valence-corrected chi connectivity index (χ3v) is 3.90. The van der Waals surface area contributed by atoms with E-state index < -0.39 is 0 Å². The number of aliphatic imine (C=N–C) groups is 1. The average Bonchev–Trinajstić information content (AvgIpc) is 3.31. The van der Waals surface area contributed by atoms with Crippen LogP contribution in [0.5, 0.6) is 0 Å². The van der Waals surface area contributed by atoms with E-state index in [1.807, 2.05) is 12.1 Å². The van der Waals surface area contributed by atoms with Gasteiger partial charge in [0.2, 0.25) is 0 Å². The number of nitrogens with one attached hydrogen (secondary N) is 2. The third kappa shape index (κ3) is 5.96. The molecule has 2 heterocycles. The number of ether oxygens (including phenoxy) is 1. The standard InChI is InChI=1S/C17H24N6O.HI/c1-2-19-17(21-11-16-4-3-9-24-16)20-10-14-5-7-15(8-6-14)23-13-18-12-22-23;/h5-8,12-13,16H,2-4,9-11H2,1H3,(H2,19,20,21);1H. The van der Waals surface area contributed by atoms with Gasteiger partial charge in [0, 0.05) is 19.7 Å². The fraction of sp³-hybridized carbons (Fsp3) is 0.471. The van der Waals surface area contributed by atoms with E-state index in [-0.39, 0.29) is 24.0 Å². The Labute approximate surface area is 165 Å². The summed E-state index contributed by atoms with van der Waals surface area (Å²) in [4.78, 5) is 8.60. The van der Waals surface area contributed by atoms with Gasteiger partial charge < -0.3 is 15.4 Å². The summed E-state index contributed by atoms with van der Waals surface area (Å²) in [7, 11) is 0. The van der Waals surface area contributed by atoms with Crippen molar-refractivity contribution in [3.8, 4) is 5.69 Å². The minimum Gasteiger partial charge on any atom is -0.376 e. The molecule has 0 aliphatic carbocycles. The second-order valence-corrected chi connectivity index (χ2v) is 5.72. The molecule has 3 rings (SSSR count). The van der Waals surface area contributed by atoms with Crippen LogP contribution in [0.15, 0.2) is 41.9 Å². The lowest BCUT2D eigenvalue weighted by Gasteiger charge is -2.14. The lowest BCUT2D eigenvalue weighted by atomic mass is 10.2. The molecule has 1 aliphatic rings. The van der Waals surface area contributed by atoms with Gasteiger partial charge in [-0.25, -0.2) is 14.7 Å². The van der Waals surface area contributed by atoms with Crippen molar-refractivity contribution in [1.29, 1.82) is 0 Å². The molecule has 2 aromatic rings. The minimum absolute atomic E-state index is 0. The smallest absolute Gasteiger partial charge is 0.191 e. The summed E-state index contributed by atoms with van der Waals surface area (Å²) in [6.07, 6.45) is 5.79. The zero-order valence-electron chi connectivity index (χ0n) is 14.4. The summed E-state index contributed by atoms with van der Waals surface area (Å²) in [6, 6.07) is 8.16. The molecule has 25 heavy (non-hydrogen) atoms. The van der Waals surface area contributed by atoms with Gasteiger partial charge in [-0.15, -0.1) is 24.0 Å². The number of hydrogen-bond acceptors (Lipinski definition) is 4. The van der Waals surface area contributed by atoms with E-state index in [1.165, 1.54) is 6.33 Å². The molecule has 0 radical (unpaired) electrons. The number of benzene rings is 1. The minimum atomic E-state index is 0. The van der Waals surface area contributed by atoms with Crippen molar-refractivity contribution in [3.63, 3.8) is 0 Å². The summed E-state index contributed by atoms with van der Waals surface area (Å²) in [5, 5.41) is 10.8. The first-order chi connectivity index (χ1) is 11.8. The van der Waals surface area contributed by atoms with E-state index in [4.69, 9.17) is 4.74 Å². The van der Waals surface area contributed by atoms with Gasteiger partial charge in [0.25, 0.3) is 0 Å². The van der Waals surface area contributed by atoms with Crippen LogP contribution in [0.1, 0.15) is 25.3 Å². The second kappa shape index (κ2) is 10.3. The topological polar surface area (TPSA) is 76.4 Å². The maximum Gasteiger partial charge on any atom is 0.191 e. The number of aromatic nitrogens is 3. The van der Waals surface area contributed by atoms with Crippen LogP contribution in [0, 0.1) is 0 Å². The van der Waals surface area contributed by atoms with Crippen molar-refractivity contribution < 1.29 is 4.74 Å². The molecule has 1 atom stereocenters. The summed E-state index contributed by atoms with van der Waals surface area (Å²) in [6.45, 7) is 5.20. The van der Waals surface area contributed by atoms with Crippen LogP contribution in [0.4, 0.5) is 0 Å². The highest BCUT2D eigenvalue weighted by Gasteiger charge is 2.15. The fourth-order valence-electron chi connectivity index (χ4n) is 2.62. The lowest BCUT2D eigenvalue weighted by molar-refractivity contribution is 0.114. The molecule has 0 saturated carbocycles. The molecule has 0 amide bonds. The molecule has 1 fully saturated rings. The van der Waals surface area contributed by atoms with Gasteiger partial charge in [-0.05, 0) is 37.5 Å². The van der Waals surface area contributed by atoms with Gasteiger partial charge in [-0.2, -0.15) is 5.10 Å². The summed E-state index contributed by atoms with van der Waals surface area (Å²) in [5.74, 6) is 0.827. The Morgan fingerprint density at radius 3 is 2.80 bits per heavy atom. The molecule has 0 bridgehead atoms. The van der Waals surface area contributed by atoms with Crippen molar-refractivity contribution in [2.45, 2.75) is 32.4 Å². The van der Waals surface area contributed by atoms with Gasteiger partial charge in [-0.3, -0.25) is 0 Å².